The van der Waals surface area contributed by atoms with E-state index in [2.05, 4.69) is 20.9 Å². The number of nitrogens with one attached hydrogen (secondary N) is 1. The molecule has 0 spiro atoms. The zero-order chi connectivity index (χ0) is 12.4. The SMILES string of the molecule is O=c1[nH]cc(Br)c(=O)n1Cc1cccc(O)c1. The molecule has 1 aromatic carbocycles. The Balaban J connectivity index is 2.47. The van der Waals surface area contributed by atoms with E-state index in [1.54, 1.807) is 12.1 Å². The Morgan fingerprint density at radius 3 is 2.82 bits per heavy atom. The van der Waals surface area contributed by atoms with E-state index in [4.69, 9.17) is 0 Å². The van der Waals surface area contributed by atoms with Crippen molar-refractivity contribution in [1.29, 1.82) is 0 Å². The lowest BCUT2D eigenvalue weighted by Gasteiger charge is -2.05. The zero-order valence-electron chi connectivity index (χ0n) is 8.68. The Kier molecular flexibility index (Phi) is 3.14. The highest BCUT2D eigenvalue weighted by atomic mass is 79.9. The number of nitrogens with zero attached hydrogens (tertiary/aromatic N) is 1. The van der Waals surface area contributed by atoms with Crippen LogP contribution in [-0.4, -0.2) is 14.7 Å². The molecule has 0 saturated heterocycles. The summed E-state index contributed by atoms with van der Waals surface area (Å²) < 4.78 is 1.34. The molecule has 0 amide bonds. The predicted octanol–water partition coefficient (Wildman–Crippen LogP) is 1.05. The summed E-state index contributed by atoms with van der Waals surface area (Å²) in [5.41, 5.74) is -0.214. The van der Waals surface area contributed by atoms with Gasteiger partial charge in [-0.05, 0) is 33.6 Å². The van der Waals surface area contributed by atoms with Crippen LogP contribution in [0.1, 0.15) is 5.56 Å². The second kappa shape index (κ2) is 4.58. The van der Waals surface area contributed by atoms with Crippen LogP contribution in [0.4, 0.5) is 0 Å². The van der Waals surface area contributed by atoms with Gasteiger partial charge in [0.05, 0.1) is 11.0 Å². The average Bonchev–Trinajstić information content (AvgIpc) is 2.30. The summed E-state index contributed by atoms with van der Waals surface area (Å²) in [5.74, 6) is 0.0991. The van der Waals surface area contributed by atoms with Gasteiger partial charge in [-0.15, -0.1) is 0 Å². The summed E-state index contributed by atoms with van der Waals surface area (Å²) in [5, 5.41) is 9.30. The first-order valence-corrected chi connectivity index (χ1v) is 5.63. The molecule has 2 aromatic rings. The van der Waals surface area contributed by atoms with Crippen molar-refractivity contribution >= 4 is 15.9 Å². The van der Waals surface area contributed by atoms with Gasteiger partial charge in [-0.1, -0.05) is 12.1 Å². The average molecular weight is 297 g/mol. The van der Waals surface area contributed by atoms with Gasteiger partial charge in [-0.3, -0.25) is 9.36 Å². The van der Waals surface area contributed by atoms with Crippen molar-refractivity contribution in [2.75, 3.05) is 0 Å². The van der Waals surface area contributed by atoms with Gasteiger partial charge in [0.1, 0.15) is 5.75 Å². The number of aromatic hydroxyl groups is 1. The van der Waals surface area contributed by atoms with E-state index in [-0.39, 0.29) is 16.8 Å². The second-order valence-corrected chi connectivity index (χ2v) is 4.36. The summed E-state index contributed by atoms with van der Waals surface area (Å²) in [4.78, 5) is 25.7. The van der Waals surface area contributed by atoms with Crippen molar-refractivity contribution in [1.82, 2.24) is 9.55 Å². The van der Waals surface area contributed by atoms with E-state index in [9.17, 15) is 14.7 Å². The molecule has 17 heavy (non-hydrogen) atoms. The van der Waals surface area contributed by atoms with E-state index in [1.165, 1.54) is 18.3 Å². The Bertz CT molecular complexity index is 660. The number of benzene rings is 1. The molecule has 0 unspecified atom stereocenters. The molecule has 0 aliphatic rings. The Labute approximate surface area is 104 Å². The molecule has 1 aromatic heterocycles. The fraction of sp³-hybridized carbons (Fsp3) is 0.0909. The minimum absolute atomic E-state index is 0.0991. The Hall–Kier alpha value is -1.82. The quantitative estimate of drug-likeness (QED) is 0.870. The first-order chi connectivity index (χ1) is 8.08. The fourth-order valence-electron chi connectivity index (χ4n) is 1.47. The largest absolute Gasteiger partial charge is 0.508 e. The van der Waals surface area contributed by atoms with Gasteiger partial charge in [-0.2, -0.15) is 0 Å². The fourth-order valence-corrected chi connectivity index (χ4v) is 1.80. The summed E-state index contributed by atoms with van der Waals surface area (Å²) in [7, 11) is 0. The zero-order valence-corrected chi connectivity index (χ0v) is 10.3. The van der Waals surface area contributed by atoms with Gasteiger partial charge in [0, 0.05) is 6.20 Å². The number of H-pyrrole nitrogens is 1. The molecule has 88 valence electrons. The molecule has 2 rings (SSSR count). The van der Waals surface area contributed by atoms with Gasteiger partial charge in [0.25, 0.3) is 5.56 Å². The van der Waals surface area contributed by atoms with Gasteiger partial charge in [-0.25, -0.2) is 4.79 Å². The summed E-state index contributed by atoms with van der Waals surface area (Å²) in [6.07, 6.45) is 1.31. The molecular weight excluding hydrogens is 288 g/mol. The number of hydrogen-bond acceptors (Lipinski definition) is 3. The molecular formula is C11H9BrN2O3. The monoisotopic (exact) mass is 296 g/mol. The first kappa shape index (κ1) is 11.7. The van der Waals surface area contributed by atoms with Gasteiger partial charge in [0.15, 0.2) is 0 Å². The van der Waals surface area contributed by atoms with Crippen LogP contribution in [0, 0.1) is 0 Å². The number of hydrogen-bond donors (Lipinski definition) is 2. The minimum atomic E-state index is -0.485. The third kappa shape index (κ3) is 2.47. The second-order valence-electron chi connectivity index (χ2n) is 3.50. The van der Waals surface area contributed by atoms with E-state index in [0.29, 0.717) is 5.56 Å². The molecule has 2 N–H and O–H groups in total. The van der Waals surface area contributed by atoms with Crippen LogP contribution in [-0.2, 0) is 6.54 Å². The Morgan fingerprint density at radius 2 is 2.12 bits per heavy atom. The lowest BCUT2D eigenvalue weighted by Crippen LogP contribution is -2.35. The number of halogens is 1. The molecule has 0 aliphatic heterocycles. The number of phenolic OH excluding ortho intramolecular Hbond substituents is 1. The molecule has 5 nitrogen and oxygen atoms in total. The number of aromatic amines is 1. The van der Waals surface area contributed by atoms with Crippen LogP contribution >= 0.6 is 15.9 Å². The van der Waals surface area contributed by atoms with E-state index in [0.717, 1.165) is 4.57 Å². The molecule has 0 atom stereocenters. The van der Waals surface area contributed by atoms with Crippen molar-refractivity contribution < 1.29 is 5.11 Å². The highest BCUT2D eigenvalue weighted by molar-refractivity contribution is 9.10. The molecule has 0 aliphatic carbocycles. The van der Waals surface area contributed by atoms with Crippen molar-refractivity contribution in [3.63, 3.8) is 0 Å². The third-order valence-corrected chi connectivity index (χ3v) is 2.84. The smallest absolute Gasteiger partial charge is 0.328 e. The first-order valence-electron chi connectivity index (χ1n) is 4.84. The lowest BCUT2D eigenvalue weighted by molar-refractivity contribution is 0.474. The highest BCUT2D eigenvalue weighted by Gasteiger charge is 2.06. The molecule has 6 heteroatoms. The van der Waals surface area contributed by atoms with Crippen molar-refractivity contribution in [3.8, 4) is 5.75 Å². The molecule has 0 fully saturated rings. The van der Waals surface area contributed by atoms with Crippen LogP contribution in [0.25, 0.3) is 0 Å². The molecule has 0 bridgehead atoms. The van der Waals surface area contributed by atoms with Crippen molar-refractivity contribution in [2.45, 2.75) is 6.54 Å². The lowest BCUT2D eigenvalue weighted by atomic mass is 10.2. The predicted molar refractivity (Wildman–Crippen MR) is 66.2 cm³/mol. The topological polar surface area (TPSA) is 75.1 Å². The van der Waals surface area contributed by atoms with Crippen molar-refractivity contribution in [2.24, 2.45) is 0 Å². The highest BCUT2D eigenvalue weighted by Crippen LogP contribution is 2.11. The molecule has 0 radical (unpaired) electrons. The van der Waals surface area contributed by atoms with Crippen LogP contribution < -0.4 is 11.2 Å². The summed E-state index contributed by atoms with van der Waals surface area (Å²) in [6, 6.07) is 6.42. The number of rotatable bonds is 2. The van der Waals surface area contributed by atoms with Crippen LogP contribution in [0.2, 0.25) is 0 Å². The molecule has 0 saturated carbocycles. The number of aromatic nitrogens is 2. The maximum absolute atomic E-state index is 11.7. The van der Waals surface area contributed by atoms with E-state index >= 15 is 0 Å². The van der Waals surface area contributed by atoms with Gasteiger partial charge < -0.3 is 10.1 Å². The minimum Gasteiger partial charge on any atom is -0.508 e. The Morgan fingerprint density at radius 1 is 1.35 bits per heavy atom. The third-order valence-electron chi connectivity index (χ3n) is 2.27. The maximum atomic E-state index is 11.7. The van der Waals surface area contributed by atoms with Crippen molar-refractivity contribution in [3.05, 3.63) is 61.3 Å². The normalized spacial score (nSPS) is 10.4. The summed E-state index contributed by atoms with van der Waals surface area (Å²) in [6.45, 7) is 0.113. The summed E-state index contributed by atoms with van der Waals surface area (Å²) >= 11 is 3.06. The number of phenols is 1. The van der Waals surface area contributed by atoms with Gasteiger partial charge >= 0.3 is 5.69 Å². The maximum Gasteiger partial charge on any atom is 0.328 e. The van der Waals surface area contributed by atoms with E-state index in [1.807, 2.05) is 0 Å². The standard InChI is InChI=1S/C11H9BrN2O3/c12-9-5-13-11(17)14(10(9)16)6-7-2-1-3-8(15)4-7/h1-5,15H,6H2,(H,13,17). The van der Waals surface area contributed by atoms with Crippen LogP contribution in [0.5, 0.6) is 5.75 Å². The van der Waals surface area contributed by atoms with Crippen LogP contribution in [0.15, 0.2) is 44.5 Å². The van der Waals surface area contributed by atoms with Crippen LogP contribution in [0.3, 0.4) is 0 Å². The van der Waals surface area contributed by atoms with E-state index < -0.39 is 11.2 Å². The van der Waals surface area contributed by atoms with Gasteiger partial charge in [0.2, 0.25) is 0 Å². The molecule has 1 heterocycles.